The second-order valence-electron chi connectivity index (χ2n) is 21.2. The van der Waals surface area contributed by atoms with Crippen LogP contribution in [0.5, 0.6) is 0 Å². The van der Waals surface area contributed by atoms with Gasteiger partial charge in [-0.3, -0.25) is 9.80 Å². The fourth-order valence-electron chi connectivity index (χ4n) is 14.5. The maximum absolute atomic E-state index is 11.0. The van der Waals surface area contributed by atoms with Crippen molar-refractivity contribution in [2.75, 3.05) is 45.9 Å². The highest BCUT2D eigenvalue weighted by Gasteiger charge is 2.80. The highest BCUT2D eigenvalue weighted by molar-refractivity contribution is 5.29. The van der Waals surface area contributed by atoms with Crippen molar-refractivity contribution in [3.63, 3.8) is 0 Å². The monoisotopic (exact) mass is 687 g/mol. The summed E-state index contributed by atoms with van der Waals surface area (Å²) in [5, 5.41) is 11.0. The fraction of sp³-hybridized carbons (Fsp3) is 1.00. The van der Waals surface area contributed by atoms with E-state index in [1.165, 1.54) is 77.4 Å². The number of ether oxygens (including phenoxy) is 4. The van der Waals surface area contributed by atoms with Crippen LogP contribution in [0.15, 0.2) is 0 Å². The largest absolute Gasteiger partial charge is 0.388 e. The average molecular weight is 687 g/mol. The normalized spacial score (nSPS) is 47.6. The first-order chi connectivity index (χ1) is 23.0. The fourth-order valence-corrected chi connectivity index (χ4v) is 14.5. The summed E-state index contributed by atoms with van der Waals surface area (Å²) in [7, 11) is 0. The maximum Gasteiger partial charge on any atom is 0.170 e. The lowest BCUT2D eigenvalue weighted by Gasteiger charge is -2.60. The van der Waals surface area contributed by atoms with Crippen molar-refractivity contribution in [3.05, 3.63) is 0 Å². The molecule has 0 amide bonds. The highest BCUT2D eigenvalue weighted by Crippen LogP contribution is 2.87. The lowest BCUT2D eigenvalue weighted by atomic mass is 9.46. The smallest absolute Gasteiger partial charge is 0.170 e. The molecule has 3 heterocycles. The first-order valence-corrected chi connectivity index (χ1v) is 20.7. The Morgan fingerprint density at radius 2 is 1.65 bits per heavy atom. The molecule has 49 heavy (non-hydrogen) atoms. The van der Waals surface area contributed by atoms with Gasteiger partial charge in [-0.2, -0.15) is 0 Å². The number of nitrogens with zero attached hydrogens (tertiary/aromatic N) is 2. The van der Waals surface area contributed by atoms with Crippen LogP contribution in [0.1, 0.15) is 128 Å². The third kappa shape index (κ3) is 5.75. The summed E-state index contributed by atoms with van der Waals surface area (Å²) >= 11 is 0. The van der Waals surface area contributed by atoms with Gasteiger partial charge in [0.25, 0.3) is 0 Å². The quantitative estimate of drug-likeness (QED) is 0.286. The van der Waals surface area contributed by atoms with E-state index >= 15 is 0 Å². The zero-order valence-electron chi connectivity index (χ0n) is 32.8. The van der Waals surface area contributed by atoms with Crippen LogP contribution in [-0.4, -0.2) is 103 Å². The van der Waals surface area contributed by atoms with Crippen LogP contribution in [0.4, 0.5) is 0 Å². The van der Waals surface area contributed by atoms with Crippen LogP contribution in [-0.2, 0) is 18.9 Å². The Labute approximate surface area is 300 Å². The van der Waals surface area contributed by atoms with Gasteiger partial charge in [-0.15, -0.1) is 0 Å². The molecule has 3 saturated heterocycles. The van der Waals surface area contributed by atoms with Crippen molar-refractivity contribution in [2.45, 2.75) is 169 Å². The molecule has 8 fully saturated rings. The van der Waals surface area contributed by atoms with Gasteiger partial charge in [0.15, 0.2) is 6.29 Å². The first-order valence-electron chi connectivity index (χ1n) is 20.7. The van der Waals surface area contributed by atoms with E-state index < -0.39 is 5.60 Å². The van der Waals surface area contributed by atoms with Gasteiger partial charge >= 0.3 is 0 Å². The molecule has 5 aliphatic carbocycles. The molecule has 282 valence electrons. The molecular formula is C42H74N2O5. The van der Waals surface area contributed by atoms with Crippen molar-refractivity contribution >= 4 is 0 Å². The van der Waals surface area contributed by atoms with E-state index in [0.29, 0.717) is 46.3 Å². The van der Waals surface area contributed by atoms with Gasteiger partial charge in [-0.1, -0.05) is 41.5 Å². The van der Waals surface area contributed by atoms with Gasteiger partial charge in [-0.05, 0) is 136 Å². The van der Waals surface area contributed by atoms with Crippen molar-refractivity contribution in [1.29, 1.82) is 0 Å². The van der Waals surface area contributed by atoms with Gasteiger partial charge in [0.2, 0.25) is 0 Å². The minimum absolute atomic E-state index is 0. The molecule has 8 aliphatic rings. The Morgan fingerprint density at radius 1 is 0.898 bits per heavy atom. The number of morpholine rings is 1. The second-order valence-corrected chi connectivity index (χ2v) is 21.2. The standard InChI is InChI=1S/C42H72N2O5.H2/c1-10-46-36(39(7,8)45)31-13-11-29-32(48-31)21-30-28-12-14-33-38(5,6)34(15-16-42(33)25-41(28,42)18-17-40(29,30)9)49-35-24-44(19-20-47-35)27-22-43(23-27)26-37(2,3)4;/h27-36,45H,10-26H2,1-9H3;1H. The Morgan fingerprint density at radius 3 is 2.37 bits per heavy atom. The number of likely N-dealkylation sites (tertiary alicyclic amines) is 1. The Bertz CT molecular complexity index is 1230. The maximum atomic E-state index is 11.0. The second kappa shape index (κ2) is 12.1. The van der Waals surface area contributed by atoms with Crippen LogP contribution >= 0.6 is 0 Å². The Kier molecular flexibility index (Phi) is 8.84. The molecule has 1 N–H and O–H groups in total. The average Bonchev–Trinajstić information content (AvgIpc) is 3.58. The number of hydrogen-bond donors (Lipinski definition) is 1. The van der Waals surface area contributed by atoms with Gasteiger partial charge < -0.3 is 24.1 Å². The van der Waals surface area contributed by atoms with Gasteiger partial charge in [-0.25, -0.2) is 0 Å². The molecule has 0 aromatic heterocycles. The Hall–Kier alpha value is -0.280. The van der Waals surface area contributed by atoms with Crippen molar-refractivity contribution in [3.8, 4) is 0 Å². The summed E-state index contributed by atoms with van der Waals surface area (Å²) in [5.74, 6) is 3.02. The van der Waals surface area contributed by atoms with Gasteiger partial charge in [0.05, 0.1) is 30.5 Å². The number of aliphatic hydroxyl groups is 1. The summed E-state index contributed by atoms with van der Waals surface area (Å²) in [6.07, 6.45) is 13.2. The molecule has 2 spiro atoms. The highest BCUT2D eigenvalue weighted by atomic mass is 16.7. The molecule has 5 saturated carbocycles. The lowest BCUT2D eigenvalue weighted by Crippen LogP contribution is -2.64. The lowest BCUT2D eigenvalue weighted by molar-refractivity contribution is -0.250. The molecule has 7 nitrogen and oxygen atoms in total. The Balaban J connectivity index is 0.00000392. The third-order valence-corrected chi connectivity index (χ3v) is 16.5. The molecule has 8 rings (SSSR count). The van der Waals surface area contributed by atoms with E-state index in [4.69, 9.17) is 18.9 Å². The summed E-state index contributed by atoms with van der Waals surface area (Å²) in [6.45, 7) is 27.6. The van der Waals surface area contributed by atoms with Crippen molar-refractivity contribution in [2.24, 2.45) is 50.7 Å². The van der Waals surface area contributed by atoms with Crippen LogP contribution in [0.3, 0.4) is 0 Å². The minimum Gasteiger partial charge on any atom is -0.388 e. The topological polar surface area (TPSA) is 63.6 Å². The summed E-state index contributed by atoms with van der Waals surface area (Å²) < 4.78 is 26.5. The summed E-state index contributed by atoms with van der Waals surface area (Å²) in [4.78, 5) is 5.28. The predicted molar refractivity (Wildman–Crippen MR) is 195 cm³/mol. The zero-order chi connectivity index (χ0) is 34.8. The zero-order valence-corrected chi connectivity index (χ0v) is 32.8. The summed E-state index contributed by atoms with van der Waals surface area (Å²) in [5.41, 5.74) is 1.08. The molecule has 12 unspecified atom stereocenters. The van der Waals surface area contributed by atoms with Crippen molar-refractivity contribution in [1.82, 2.24) is 9.80 Å². The van der Waals surface area contributed by atoms with Crippen LogP contribution in [0, 0.1) is 50.7 Å². The molecule has 0 aromatic rings. The van der Waals surface area contributed by atoms with Crippen molar-refractivity contribution < 1.29 is 25.5 Å². The van der Waals surface area contributed by atoms with E-state index in [1.54, 1.807) is 0 Å². The van der Waals surface area contributed by atoms with Crippen LogP contribution in [0.25, 0.3) is 0 Å². The molecule has 0 bridgehead atoms. The molecular weight excluding hydrogens is 612 g/mol. The third-order valence-electron chi connectivity index (χ3n) is 16.5. The number of fused-ring (bicyclic) bond motifs is 4. The molecule has 0 aromatic carbocycles. The predicted octanol–water partition coefficient (Wildman–Crippen LogP) is 7.39. The van der Waals surface area contributed by atoms with E-state index in [0.717, 1.165) is 43.9 Å². The van der Waals surface area contributed by atoms with Crippen LogP contribution in [0.2, 0.25) is 0 Å². The van der Waals surface area contributed by atoms with Crippen LogP contribution < -0.4 is 0 Å². The number of rotatable bonds is 8. The van der Waals surface area contributed by atoms with E-state index in [9.17, 15) is 5.11 Å². The molecule has 3 aliphatic heterocycles. The van der Waals surface area contributed by atoms with Gasteiger partial charge in [0, 0.05) is 46.8 Å². The molecule has 12 atom stereocenters. The summed E-state index contributed by atoms with van der Waals surface area (Å²) in [6, 6.07) is 0.655. The number of hydrogen-bond acceptors (Lipinski definition) is 7. The molecule has 0 radical (unpaired) electrons. The minimum atomic E-state index is -0.895. The molecule has 7 heteroatoms. The van der Waals surface area contributed by atoms with E-state index in [1.807, 2.05) is 20.8 Å². The van der Waals surface area contributed by atoms with Gasteiger partial charge in [0.1, 0.15) is 6.10 Å². The van der Waals surface area contributed by atoms with E-state index in [-0.39, 0.29) is 31.4 Å². The first kappa shape index (κ1) is 35.7. The van der Waals surface area contributed by atoms with E-state index in [2.05, 4.69) is 51.3 Å². The SMILES string of the molecule is CCOC(C1CCC2C(CC3C4CCC5C(C)(C)C(OC6CN(C7CN(CC(C)(C)C)C7)CCO6)CCC56CC46CCC23C)O1)C(C)(C)O.[HH].